The van der Waals surface area contributed by atoms with E-state index in [0.29, 0.717) is 11.3 Å². The van der Waals surface area contributed by atoms with E-state index in [1.54, 1.807) is 6.07 Å². The zero-order chi connectivity index (χ0) is 9.42. The van der Waals surface area contributed by atoms with Gasteiger partial charge in [0.1, 0.15) is 5.82 Å². The molecule has 0 aromatic heterocycles. The van der Waals surface area contributed by atoms with E-state index in [4.69, 9.17) is 5.73 Å². The van der Waals surface area contributed by atoms with Crippen LogP contribution in [0.1, 0.15) is 11.5 Å². The molecule has 0 unspecified atom stereocenters. The van der Waals surface area contributed by atoms with E-state index in [1.165, 1.54) is 12.1 Å². The summed E-state index contributed by atoms with van der Waals surface area (Å²) in [6, 6.07) is 4.22. The Labute approximate surface area is 74.7 Å². The fourth-order valence-corrected chi connectivity index (χ4v) is 1.53. The summed E-state index contributed by atoms with van der Waals surface area (Å²) in [6.07, 6.45) is 0. The van der Waals surface area contributed by atoms with Crippen LogP contribution in [0.3, 0.4) is 0 Å². The molecule has 3 nitrogen and oxygen atoms in total. The minimum absolute atomic E-state index is 0.150. The van der Waals surface area contributed by atoms with Crippen molar-refractivity contribution in [3.8, 4) is 0 Å². The van der Waals surface area contributed by atoms with Crippen molar-refractivity contribution in [3.63, 3.8) is 0 Å². The normalized spacial score (nSPS) is 19.8. The molecule has 1 aliphatic heterocycles. The molecule has 1 aromatic carbocycles. The quantitative estimate of drug-likeness (QED) is 0.672. The van der Waals surface area contributed by atoms with Gasteiger partial charge in [0.15, 0.2) is 0 Å². The second-order valence-corrected chi connectivity index (χ2v) is 3.01. The maximum Gasteiger partial charge on any atom is 0.233 e. The summed E-state index contributed by atoms with van der Waals surface area (Å²) in [5.74, 6) is -0.887. The number of carbonyl (C=O) groups excluding carboxylic acids is 1. The molecular formula is C9H9FN2O. The number of nitrogens with one attached hydrogen (secondary N) is 1. The van der Waals surface area contributed by atoms with Crippen LogP contribution in [0.4, 0.5) is 10.1 Å². The topological polar surface area (TPSA) is 55.1 Å². The van der Waals surface area contributed by atoms with Gasteiger partial charge in [-0.25, -0.2) is 4.39 Å². The minimum atomic E-state index is -0.398. The zero-order valence-electron chi connectivity index (χ0n) is 6.88. The zero-order valence-corrected chi connectivity index (χ0v) is 6.88. The molecule has 0 spiro atoms. The highest BCUT2D eigenvalue weighted by atomic mass is 19.1. The molecule has 1 heterocycles. The fourth-order valence-electron chi connectivity index (χ4n) is 1.53. The molecule has 13 heavy (non-hydrogen) atoms. The van der Waals surface area contributed by atoms with Crippen molar-refractivity contribution in [3.05, 3.63) is 29.6 Å². The first-order chi connectivity index (χ1) is 6.22. The van der Waals surface area contributed by atoms with Crippen molar-refractivity contribution < 1.29 is 9.18 Å². The summed E-state index contributed by atoms with van der Waals surface area (Å²) in [6.45, 7) is 0.211. The van der Waals surface area contributed by atoms with E-state index in [0.717, 1.165) is 0 Å². The third-order valence-corrected chi connectivity index (χ3v) is 2.20. The molecular weight excluding hydrogens is 171 g/mol. The Morgan fingerprint density at radius 1 is 1.54 bits per heavy atom. The number of rotatable bonds is 1. The van der Waals surface area contributed by atoms with Gasteiger partial charge >= 0.3 is 0 Å². The number of benzene rings is 1. The summed E-state index contributed by atoms with van der Waals surface area (Å²) >= 11 is 0. The Hall–Kier alpha value is -1.42. The van der Waals surface area contributed by atoms with Crippen molar-refractivity contribution in [2.45, 2.75) is 5.92 Å². The Kier molecular flexibility index (Phi) is 1.77. The summed E-state index contributed by atoms with van der Waals surface area (Å²) in [7, 11) is 0. The number of fused-ring (bicyclic) bond motifs is 1. The molecule has 3 N–H and O–H groups in total. The van der Waals surface area contributed by atoms with Gasteiger partial charge < -0.3 is 11.1 Å². The van der Waals surface area contributed by atoms with Crippen LogP contribution in [0.25, 0.3) is 0 Å². The summed E-state index contributed by atoms with van der Waals surface area (Å²) in [5, 5.41) is 2.64. The van der Waals surface area contributed by atoms with Crippen molar-refractivity contribution in [2.24, 2.45) is 5.73 Å². The van der Waals surface area contributed by atoms with Gasteiger partial charge in [0.25, 0.3) is 0 Å². The third-order valence-electron chi connectivity index (χ3n) is 2.20. The standard InChI is InChI=1S/C9H9FN2O/c10-5-1-2-8-6(3-5)7(4-11)9(13)12-8/h1-3,7H,4,11H2,(H,12,13)/t7-/m0/s1. The first-order valence-corrected chi connectivity index (χ1v) is 4.02. The van der Waals surface area contributed by atoms with Crippen molar-refractivity contribution >= 4 is 11.6 Å². The number of hydrogen-bond acceptors (Lipinski definition) is 2. The van der Waals surface area contributed by atoms with Crippen LogP contribution in [-0.4, -0.2) is 12.5 Å². The first-order valence-electron chi connectivity index (χ1n) is 4.02. The van der Waals surface area contributed by atoms with Gasteiger partial charge in [-0.3, -0.25) is 4.79 Å². The number of hydrogen-bond donors (Lipinski definition) is 2. The number of amides is 1. The second-order valence-electron chi connectivity index (χ2n) is 3.01. The van der Waals surface area contributed by atoms with E-state index in [1.807, 2.05) is 0 Å². The van der Waals surface area contributed by atoms with Crippen LogP contribution in [0.2, 0.25) is 0 Å². The molecule has 4 heteroatoms. The minimum Gasteiger partial charge on any atom is -0.329 e. The molecule has 1 atom stereocenters. The predicted octanol–water partition coefficient (Wildman–Crippen LogP) is 0.820. The lowest BCUT2D eigenvalue weighted by Crippen LogP contribution is -2.20. The summed E-state index contributed by atoms with van der Waals surface area (Å²) in [4.78, 5) is 11.3. The molecule has 2 rings (SSSR count). The monoisotopic (exact) mass is 180 g/mol. The van der Waals surface area contributed by atoms with Gasteiger partial charge in [-0.2, -0.15) is 0 Å². The van der Waals surface area contributed by atoms with Crippen molar-refractivity contribution in [2.75, 3.05) is 11.9 Å². The SMILES string of the molecule is NC[C@@H]1C(=O)Nc2ccc(F)cc21. The second kappa shape index (κ2) is 2.81. The number of halogens is 1. The highest BCUT2D eigenvalue weighted by Crippen LogP contribution is 2.31. The highest BCUT2D eigenvalue weighted by molar-refractivity contribution is 6.03. The molecule has 0 aliphatic carbocycles. The van der Waals surface area contributed by atoms with Crippen LogP contribution in [0.15, 0.2) is 18.2 Å². The summed E-state index contributed by atoms with van der Waals surface area (Å²) in [5.41, 5.74) is 6.73. The Bertz CT molecular complexity index is 365. The lowest BCUT2D eigenvalue weighted by atomic mass is 10.0. The Morgan fingerprint density at radius 2 is 2.31 bits per heavy atom. The van der Waals surface area contributed by atoms with E-state index >= 15 is 0 Å². The van der Waals surface area contributed by atoms with Crippen LogP contribution < -0.4 is 11.1 Å². The van der Waals surface area contributed by atoms with Gasteiger partial charge in [0.2, 0.25) is 5.91 Å². The van der Waals surface area contributed by atoms with Crippen LogP contribution >= 0.6 is 0 Å². The van der Waals surface area contributed by atoms with E-state index in [2.05, 4.69) is 5.32 Å². The van der Waals surface area contributed by atoms with Gasteiger partial charge in [0.05, 0.1) is 5.92 Å². The smallest absolute Gasteiger partial charge is 0.233 e. The predicted molar refractivity (Wildman–Crippen MR) is 46.8 cm³/mol. The Morgan fingerprint density at radius 3 is 3.00 bits per heavy atom. The lowest BCUT2D eigenvalue weighted by Gasteiger charge is -2.03. The average Bonchev–Trinajstić information content (AvgIpc) is 2.40. The van der Waals surface area contributed by atoms with E-state index in [-0.39, 0.29) is 18.3 Å². The largest absolute Gasteiger partial charge is 0.329 e. The highest BCUT2D eigenvalue weighted by Gasteiger charge is 2.29. The van der Waals surface area contributed by atoms with E-state index in [9.17, 15) is 9.18 Å². The molecule has 0 saturated heterocycles. The summed E-state index contributed by atoms with van der Waals surface area (Å²) < 4.78 is 12.8. The van der Waals surface area contributed by atoms with Crippen LogP contribution in [-0.2, 0) is 4.79 Å². The molecule has 1 aliphatic rings. The van der Waals surface area contributed by atoms with Gasteiger partial charge in [0, 0.05) is 12.2 Å². The number of carbonyl (C=O) groups is 1. The average molecular weight is 180 g/mol. The number of nitrogens with two attached hydrogens (primary N) is 1. The van der Waals surface area contributed by atoms with E-state index < -0.39 is 5.92 Å². The van der Waals surface area contributed by atoms with Crippen LogP contribution in [0, 0.1) is 5.82 Å². The third kappa shape index (κ3) is 1.19. The maximum atomic E-state index is 12.8. The van der Waals surface area contributed by atoms with Gasteiger partial charge in [-0.05, 0) is 23.8 Å². The van der Waals surface area contributed by atoms with Crippen molar-refractivity contribution in [1.82, 2.24) is 0 Å². The van der Waals surface area contributed by atoms with Crippen molar-refractivity contribution in [1.29, 1.82) is 0 Å². The number of anilines is 1. The fraction of sp³-hybridized carbons (Fsp3) is 0.222. The van der Waals surface area contributed by atoms with Crippen LogP contribution in [0.5, 0.6) is 0 Å². The Balaban J connectivity index is 2.50. The molecule has 0 bridgehead atoms. The molecule has 0 saturated carbocycles. The molecule has 68 valence electrons. The molecule has 1 amide bonds. The molecule has 0 fully saturated rings. The maximum absolute atomic E-state index is 12.8. The molecule has 1 aromatic rings. The lowest BCUT2D eigenvalue weighted by molar-refractivity contribution is -0.116. The first kappa shape index (κ1) is 8.19. The van der Waals surface area contributed by atoms with Gasteiger partial charge in [-0.15, -0.1) is 0 Å². The molecule has 0 radical (unpaired) electrons. The van der Waals surface area contributed by atoms with Gasteiger partial charge in [-0.1, -0.05) is 0 Å².